The summed E-state index contributed by atoms with van der Waals surface area (Å²) in [5.74, 6) is -1.41. The molecule has 0 aromatic heterocycles. The Morgan fingerprint density at radius 3 is 2.82 bits per heavy atom. The predicted octanol–water partition coefficient (Wildman–Crippen LogP) is 0.357. The van der Waals surface area contributed by atoms with Crippen LogP contribution in [0.15, 0.2) is 24.3 Å². The molecule has 0 aliphatic carbocycles. The van der Waals surface area contributed by atoms with Crippen molar-refractivity contribution in [1.82, 2.24) is 4.90 Å². The number of carboxylic acid groups (broad SMARTS) is 1. The van der Waals surface area contributed by atoms with Crippen molar-refractivity contribution in [3.8, 4) is 0 Å². The predicted molar refractivity (Wildman–Crippen MR) is 59.8 cm³/mol. The molecule has 2 aliphatic heterocycles. The number of amides is 1. The summed E-state index contributed by atoms with van der Waals surface area (Å²) in [7, 11) is -1.34. The Bertz CT molecular complexity index is 556. The molecule has 0 radical (unpaired) electrons. The van der Waals surface area contributed by atoms with Crippen LogP contribution in [0.5, 0.6) is 0 Å². The van der Waals surface area contributed by atoms with Crippen LogP contribution in [-0.2, 0) is 15.6 Å². The van der Waals surface area contributed by atoms with E-state index in [-0.39, 0.29) is 11.7 Å². The molecule has 0 saturated carbocycles. The van der Waals surface area contributed by atoms with Gasteiger partial charge in [0.1, 0.15) is 11.4 Å². The van der Waals surface area contributed by atoms with Gasteiger partial charge in [0.25, 0.3) is 5.91 Å². The second kappa shape index (κ2) is 3.40. The monoisotopic (exact) mass is 251 g/mol. The maximum absolute atomic E-state index is 12.1. The van der Waals surface area contributed by atoms with Crippen molar-refractivity contribution >= 4 is 22.7 Å². The Kier molecular flexibility index (Phi) is 2.09. The number of aliphatic carboxylic acids is 1. The highest BCUT2D eigenvalue weighted by Gasteiger charge is 2.52. The van der Waals surface area contributed by atoms with Gasteiger partial charge in [0, 0.05) is 11.1 Å². The maximum Gasteiger partial charge on any atom is 0.327 e. The van der Waals surface area contributed by atoms with Gasteiger partial charge in [-0.3, -0.25) is 9.00 Å². The lowest BCUT2D eigenvalue weighted by Crippen LogP contribution is -2.39. The van der Waals surface area contributed by atoms with Gasteiger partial charge in [-0.2, -0.15) is 0 Å². The van der Waals surface area contributed by atoms with Crippen molar-refractivity contribution in [2.45, 2.75) is 11.4 Å². The third-order valence-corrected chi connectivity index (χ3v) is 4.76. The number of benzene rings is 1. The minimum Gasteiger partial charge on any atom is -0.480 e. The molecule has 6 heteroatoms. The van der Waals surface area contributed by atoms with Crippen molar-refractivity contribution < 1.29 is 18.9 Å². The largest absolute Gasteiger partial charge is 0.480 e. The Morgan fingerprint density at radius 1 is 1.41 bits per heavy atom. The van der Waals surface area contributed by atoms with E-state index >= 15 is 0 Å². The average molecular weight is 251 g/mol. The lowest BCUT2D eigenvalue weighted by Gasteiger charge is -2.18. The van der Waals surface area contributed by atoms with Crippen LogP contribution in [-0.4, -0.2) is 37.9 Å². The van der Waals surface area contributed by atoms with Gasteiger partial charge in [-0.1, -0.05) is 18.2 Å². The van der Waals surface area contributed by atoms with E-state index in [1.807, 2.05) is 0 Å². The summed E-state index contributed by atoms with van der Waals surface area (Å²) in [6.07, 6.45) is 0. The number of fused-ring (bicyclic) bond motifs is 3. The topological polar surface area (TPSA) is 74.7 Å². The molecule has 5 nitrogen and oxygen atoms in total. The second-order valence-corrected chi connectivity index (χ2v) is 5.59. The van der Waals surface area contributed by atoms with Gasteiger partial charge < -0.3 is 10.0 Å². The number of nitrogens with zero attached hydrogens (tertiary/aromatic N) is 1. The molecule has 1 aromatic rings. The van der Waals surface area contributed by atoms with E-state index in [1.54, 1.807) is 24.3 Å². The van der Waals surface area contributed by atoms with E-state index in [1.165, 1.54) is 4.90 Å². The van der Waals surface area contributed by atoms with E-state index in [2.05, 4.69) is 0 Å². The van der Waals surface area contributed by atoms with Crippen LogP contribution in [0.25, 0.3) is 0 Å². The van der Waals surface area contributed by atoms with E-state index in [4.69, 9.17) is 5.11 Å². The fourth-order valence-electron chi connectivity index (χ4n) is 2.39. The van der Waals surface area contributed by atoms with Crippen molar-refractivity contribution in [1.29, 1.82) is 0 Å². The van der Waals surface area contributed by atoms with E-state index < -0.39 is 28.2 Å². The molecule has 0 bridgehead atoms. The van der Waals surface area contributed by atoms with Gasteiger partial charge in [-0.15, -0.1) is 0 Å². The molecule has 3 atom stereocenters. The summed E-state index contributed by atoms with van der Waals surface area (Å²) in [6.45, 7) is 0. The number of carbonyl (C=O) groups excluding carboxylic acids is 1. The zero-order valence-corrected chi connectivity index (χ0v) is 9.52. The highest BCUT2D eigenvalue weighted by molar-refractivity contribution is 7.85. The molecule has 3 unspecified atom stereocenters. The molecule has 2 heterocycles. The van der Waals surface area contributed by atoms with Crippen LogP contribution in [0.1, 0.15) is 21.3 Å². The number of carboxylic acids is 1. The lowest BCUT2D eigenvalue weighted by molar-refractivity contribution is -0.141. The van der Waals surface area contributed by atoms with Crippen molar-refractivity contribution in [2.24, 2.45) is 0 Å². The summed E-state index contributed by atoms with van der Waals surface area (Å²) < 4.78 is 11.9. The van der Waals surface area contributed by atoms with Gasteiger partial charge in [-0.05, 0) is 6.07 Å². The molecule has 88 valence electrons. The van der Waals surface area contributed by atoms with Gasteiger partial charge in [0.05, 0.1) is 16.6 Å². The Labute approximate surface area is 99.5 Å². The first kappa shape index (κ1) is 10.5. The average Bonchev–Trinajstić information content (AvgIpc) is 2.79. The first-order chi connectivity index (χ1) is 8.11. The lowest BCUT2D eigenvalue weighted by atomic mass is 10.1. The van der Waals surface area contributed by atoms with Crippen LogP contribution in [0.2, 0.25) is 0 Å². The Morgan fingerprint density at radius 2 is 2.12 bits per heavy atom. The van der Waals surface area contributed by atoms with Gasteiger partial charge in [0.15, 0.2) is 0 Å². The molecule has 1 N–H and O–H groups in total. The van der Waals surface area contributed by atoms with Crippen LogP contribution < -0.4 is 0 Å². The molecule has 1 fully saturated rings. The first-order valence-electron chi connectivity index (χ1n) is 5.13. The van der Waals surface area contributed by atoms with Crippen LogP contribution in [0, 0.1) is 0 Å². The Hall–Kier alpha value is -1.69. The van der Waals surface area contributed by atoms with Gasteiger partial charge >= 0.3 is 5.97 Å². The van der Waals surface area contributed by atoms with E-state index in [0.717, 1.165) is 0 Å². The normalized spacial score (nSPS) is 30.2. The summed E-state index contributed by atoms with van der Waals surface area (Å²) in [5.41, 5.74) is 1.15. The second-order valence-electron chi connectivity index (χ2n) is 4.05. The summed E-state index contributed by atoms with van der Waals surface area (Å²) in [4.78, 5) is 24.4. The van der Waals surface area contributed by atoms with E-state index in [0.29, 0.717) is 11.1 Å². The highest BCUT2D eigenvalue weighted by atomic mass is 32.2. The summed E-state index contributed by atoms with van der Waals surface area (Å²) >= 11 is 0. The third-order valence-electron chi connectivity index (χ3n) is 3.14. The fourth-order valence-corrected chi connectivity index (χ4v) is 4.17. The van der Waals surface area contributed by atoms with Gasteiger partial charge in [0.2, 0.25) is 0 Å². The molecular formula is C11H9NO4S. The number of hydrogen-bond donors (Lipinski definition) is 1. The summed E-state index contributed by atoms with van der Waals surface area (Å²) in [6, 6.07) is 5.89. The van der Waals surface area contributed by atoms with Crippen molar-refractivity contribution in [3.63, 3.8) is 0 Å². The quantitative estimate of drug-likeness (QED) is 0.781. The third kappa shape index (κ3) is 1.27. The zero-order chi connectivity index (χ0) is 12.2. The molecule has 3 rings (SSSR count). The maximum atomic E-state index is 12.1. The molecule has 0 spiro atoms. The standard InChI is InChI=1S/C11H9NO4S/c13-9-6-3-1-2-4-7(6)10-12(9)8(11(14)15)5-17(10)16/h1-4,8,10H,5H2,(H,14,15). The molecule has 1 saturated heterocycles. The molecular weight excluding hydrogens is 242 g/mol. The molecule has 1 aromatic carbocycles. The minimum absolute atomic E-state index is 0.0140. The van der Waals surface area contributed by atoms with Crippen LogP contribution in [0.4, 0.5) is 0 Å². The van der Waals surface area contributed by atoms with Crippen molar-refractivity contribution in [2.75, 3.05) is 5.75 Å². The van der Waals surface area contributed by atoms with Crippen molar-refractivity contribution in [3.05, 3.63) is 35.4 Å². The number of rotatable bonds is 1. The molecule has 1 amide bonds. The smallest absolute Gasteiger partial charge is 0.327 e. The zero-order valence-electron chi connectivity index (χ0n) is 8.70. The molecule has 2 aliphatic rings. The first-order valence-corrected chi connectivity index (χ1v) is 6.51. The van der Waals surface area contributed by atoms with E-state index in [9.17, 15) is 13.8 Å². The van der Waals surface area contributed by atoms with Gasteiger partial charge in [-0.25, -0.2) is 4.79 Å². The fraction of sp³-hybridized carbons (Fsp3) is 0.273. The summed E-state index contributed by atoms with van der Waals surface area (Å²) in [5, 5.41) is 8.46. The number of carbonyl (C=O) groups is 2. The number of hydrogen-bond acceptors (Lipinski definition) is 3. The van der Waals surface area contributed by atoms with Crippen LogP contribution >= 0.6 is 0 Å². The Balaban J connectivity index is 2.15. The van der Waals surface area contributed by atoms with Crippen LogP contribution in [0.3, 0.4) is 0 Å². The minimum atomic E-state index is -1.34. The SMILES string of the molecule is O=C(O)C1CS(=O)C2c3ccccc3C(=O)N12. The molecule has 17 heavy (non-hydrogen) atoms. The highest BCUT2D eigenvalue weighted by Crippen LogP contribution is 2.42.